The summed E-state index contributed by atoms with van der Waals surface area (Å²) in [5.41, 5.74) is 2.43. The molecule has 2 nitrogen and oxygen atoms in total. The van der Waals surface area contributed by atoms with Crippen LogP contribution >= 0.6 is 11.6 Å². The molecule has 0 aromatic heterocycles. The van der Waals surface area contributed by atoms with Gasteiger partial charge >= 0.3 is 5.97 Å². The molecule has 0 N–H and O–H groups in total. The summed E-state index contributed by atoms with van der Waals surface area (Å²) in [5, 5.41) is -0.503. The second-order valence-electron chi connectivity index (χ2n) is 13.5. The van der Waals surface area contributed by atoms with E-state index >= 15 is 0 Å². The van der Waals surface area contributed by atoms with Crippen LogP contribution < -0.4 is 0 Å². The molecule has 3 heteroatoms. The highest BCUT2D eigenvalue weighted by molar-refractivity contribution is 6.29. The molecule has 0 aromatic rings. The van der Waals surface area contributed by atoms with Gasteiger partial charge in [-0.25, -0.2) is 0 Å². The van der Waals surface area contributed by atoms with Crippen LogP contribution in [0.15, 0.2) is 11.6 Å². The maximum Gasteiger partial charge on any atom is 0.324 e. The number of fused-ring (bicyclic) bond motifs is 5. The molecule has 0 bridgehead atoms. The lowest BCUT2D eigenvalue weighted by atomic mass is 9.47. The highest BCUT2D eigenvalue weighted by Crippen LogP contribution is 2.67. The molecule has 0 aromatic carbocycles. The highest BCUT2D eigenvalue weighted by Gasteiger charge is 2.59. The van der Waals surface area contributed by atoms with Crippen molar-refractivity contribution in [3.05, 3.63) is 11.6 Å². The lowest BCUT2D eigenvalue weighted by molar-refractivity contribution is -0.151. The number of carbonyl (C=O) groups is 1. The van der Waals surface area contributed by atoms with Crippen molar-refractivity contribution in [2.45, 2.75) is 130 Å². The maximum atomic E-state index is 12.3. The molecule has 3 saturated carbocycles. The molecule has 34 heavy (non-hydrogen) atoms. The van der Waals surface area contributed by atoms with Crippen LogP contribution in [-0.4, -0.2) is 17.5 Å². The average Bonchev–Trinajstić information content (AvgIpc) is 3.15. The summed E-state index contributed by atoms with van der Waals surface area (Å²) in [7, 11) is 0. The fraction of sp³-hybridized carbons (Fsp3) is 0.903. The Morgan fingerprint density at radius 1 is 1.09 bits per heavy atom. The number of esters is 1. The summed E-state index contributed by atoms with van der Waals surface area (Å²) in [6.07, 6.45) is 17.5. The molecule has 4 rings (SSSR count). The van der Waals surface area contributed by atoms with E-state index in [1.54, 1.807) is 5.57 Å². The largest absolute Gasteiger partial charge is 0.461 e. The minimum Gasteiger partial charge on any atom is -0.461 e. The molecule has 0 radical (unpaired) electrons. The van der Waals surface area contributed by atoms with E-state index in [2.05, 4.69) is 40.7 Å². The first-order chi connectivity index (χ1) is 16.1. The molecule has 0 aliphatic heterocycles. The monoisotopic (exact) mass is 490 g/mol. The van der Waals surface area contributed by atoms with Gasteiger partial charge in [0.1, 0.15) is 11.5 Å². The van der Waals surface area contributed by atoms with E-state index < -0.39 is 5.38 Å². The number of carbonyl (C=O) groups excluding carboxylic acids is 1. The van der Waals surface area contributed by atoms with E-state index in [0.717, 1.165) is 54.8 Å². The summed E-state index contributed by atoms with van der Waals surface area (Å²) < 4.78 is 5.83. The topological polar surface area (TPSA) is 26.3 Å². The predicted molar refractivity (Wildman–Crippen MR) is 143 cm³/mol. The van der Waals surface area contributed by atoms with Crippen molar-refractivity contribution in [1.82, 2.24) is 0 Å². The highest BCUT2D eigenvalue weighted by atomic mass is 35.5. The third kappa shape index (κ3) is 4.88. The zero-order valence-electron chi connectivity index (χ0n) is 22.9. The van der Waals surface area contributed by atoms with Crippen molar-refractivity contribution in [2.24, 2.45) is 46.3 Å². The van der Waals surface area contributed by atoms with Gasteiger partial charge in [0.05, 0.1) is 0 Å². The third-order valence-electron chi connectivity index (χ3n) is 11.2. The molecule has 0 spiro atoms. The molecule has 194 valence electrons. The van der Waals surface area contributed by atoms with Crippen LogP contribution in [0.2, 0.25) is 0 Å². The van der Waals surface area contributed by atoms with Gasteiger partial charge < -0.3 is 4.74 Å². The van der Waals surface area contributed by atoms with E-state index in [-0.39, 0.29) is 12.1 Å². The summed E-state index contributed by atoms with van der Waals surface area (Å²) in [4.78, 5) is 12.3. The Kier molecular flexibility index (Phi) is 8.18. The van der Waals surface area contributed by atoms with E-state index in [0.29, 0.717) is 17.3 Å². The maximum absolute atomic E-state index is 12.3. The van der Waals surface area contributed by atoms with Crippen LogP contribution in [0, 0.1) is 46.3 Å². The minimum absolute atomic E-state index is 0.0209. The molecule has 0 saturated heterocycles. The van der Waals surface area contributed by atoms with Gasteiger partial charge in [0, 0.05) is 6.42 Å². The Bertz CT molecular complexity index is 759. The second-order valence-corrected chi connectivity index (χ2v) is 14.0. The van der Waals surface area contributed by atoms with Gasteiger partial charge in [-0.2, -0.15) is 0 Å². The zero-order valence-corrected chi connectivity index (χ0v) is 23.6. The van der Waals surface area contributed by atoms with Crippen molar-refractivity contribution in [3.63, 3.8) is 0 Å². The molecular weight excluding hydrogens is 440 g/mol. The number of rotatable bonds is 8. The van der Waals surface area contributed by atoms with Crippen LogP contribution in [0.25, 0.3) is 0 Å². The summed E-state index contributed by atoms with van der Waals surface area (Å²) in [6, 6.07) is 0. The lowest BCUT2D eigenvalue weighted by Crippen LogP contribution is -2.51. The molecule has 4 aliphatic rings. The van der Waals surface area contributed by atoms with Gasteiger partial charge in [0.15, 0.2) is 0 Å². The number of hydrogen-bond donors (Lipinski definition) is 0. The molecule has 9 atom stereocenters. The Balaban J connectivity index is 1.43. The SMILES string of the molecule is CC[C@H](Cl)C(=O)O[C@H]1CC[C@@]2(C)C(=CC[C@H]3[C@@H]4CC[C@H]([C@@H](C)CCCC(C)C)[C@@]4(C)CC[C@@H]32)C1. The quantitative estimate of drug-likeness (QED) is 0.193. The predicted octanol–water partition coefficient (Wildman–Crippen LogP) is 8.96. The Morgan fingerprint density at radius 2 is 1.85 bits per heavy atom. The Morgan fingerprint density at radius 3 is 2.56 bits per heavy atom. The van der Waals surface area contributed by atoms with Crippen molar-refractivity contribution < 1.29 is 9.53 Å². The summed E-state index contributed by atoms with van der Waals surface area (Å²) in [5.74, 6) is 4.96. The first kappa shape index (κ1) is 26.6. The van der Waals surface area contributed by atoms with Gasteiger partial charge in [0.2, 0.25) is 0 Å². The van der Waals surface area contributed by atoms with Gasteiger partial charge in [0.25, 0.3) is 0 Å². The van der Waals surface area contributed by atoms with Crippen LogP contribution in [-0.2, 0) is 9.53 Å². The lowest BCUT2D eigenvalue weighted by Gasteiger charge is -2.58. The number of ether oxygens (including phenoxy) is 1. The molecule has 0 heterocycles. The molecular formula is C31H51ClO2. The first-order valence-corrected chi connectivity index (χ1v) is 15.1. The number of hydrogen-bond acceptors (Lipinski definition) is 2. The van der Waals surface area contributed by atoms with Crippen LogP contribution in [0.4, 0.5) is 0 Å². The Labute approximate surface area is 215 Å². The third-order valence-corrected chi connectivity index (χ3v) is 11.6. The standard InChI is InChI=1S/C31H51ClO2/c1-7-28(32)29(33)34-23-15-17-30(5)22(19-23)11-12-24-26-14-13-25(21(4)10-8-9-20(2)3)31(26,6)18-16-27(24)30/h11,20-21,23-28H,7-10,12-19H2,1-6H3/t21-,23-,24-,25+,26-,27-,28-,30-,31+/m0/s1. The minimum atomic E-state index is -0.503. The van der Waals surface area contributed by atoms with Gasteiger partial charge in [-0.05, 0) is 97.7 Å². The molecule has 0 amide bonds. The zero-order chi connectivity index (χ0) is 24.7. The molecule has 3 fully saturated rings. The second kappa shape index (κ2) is 10.5. The van der Waals surface area contributed by atoms with E-state index in [9.17, 15) is 4.79 Å². The van der Waals surface area contributed by atoms with Crippen LogP contribution in [0.5, 0.6) is 0 Å². The summed E-state index contributed by atoms with van der Waals surface area (Å²) in [6.45, 7) is 14.5. The fourth-order valence-corrected chi connectivity index (χ4v) is 9.21. The average molecular weight is 491 g/mol. The van der Waals surface area contributed by atoms with Crippen molar-refractivity contribution in [1.29, 1.82) is 0 Å². The molecule has 0 unspecified atom stereocenters. The van der Waals surface area contributed by atoms with E-state index in [4.69, 9.17) is 16.3 Å². The number of alkyl halides is 1. The van der Waals surface area contributed by atoms with Crippen LogP contribution in [0.1, 0.15) is 119 Å². The number of allylic oxidation sites excluding steroid dienone is 1. The fourth-order valence-electron chi connectivity index (χ4n) is 9.16. The van der Waals surface area contributed by atoms with Crippen molar-refractivity contribution in [3.8, 4) is 0 Å². The van der Waals surface area contributed by atoms with Gasteiger partial charge in [-0.15, -0.1) is 11.6 Å². The number of halogens is 1. The normalized spacial score (nSPS) is 41.2. The van der Waals surface area contributed by atoms with Gasteiger partial charge in [-0.3, -0.25) is 4.79 Å². The van der Waals surface area contributed by atoms with Gasteiger partial charge in [-0.1, -0.05) is 72.5 Å². The van der Waals surface area contributed by atoms with Crippen molar-refractivity contribution in [2.75, 3.05) is 0 Å². The summed E-state index contributed by atoms with van der Waals surface area (Å²) >= 11 is 6.14. The molecule has 4 aliphatic carbocycles. The van der Waals surface area contributed by atoms with E-state index in [1.165, 1.54) is 51.4 Å². The smallest absolute Gasteiger partial charge is 0.324 e. The van der Waals surface area contributed by atoms with E-state index in [1.807, 2.05) is 6.92 Å². The van der Waals surface area contributed by atoms with Crippen molar-refractivity contribution >= 4 is 17.6 Å². The Hall–Kier alpha value is -0.500. The van der Waals surface area contributed by atoms with Crippen LogP contribution in [0.3, 0.4) is 0 Å². The first-order valence-electron chi connectivity index (χ1n) is 14.6.